The van der Waals surface area contributed by atoms with Crippen molar-refractivity contribution in [2.24, 2.45) is 0 Å². The summed E-state index contributed by atoms with van der Waals surface area (Å²) in [6.45, 7) is 2.29. The highest BCUT2D eigenvalue weighted by Gasteiger charge is 2.11. The highest BCUT2D eigenvalue weighted by Crippen LogP contribution is 2.23. The molecular weight excluding hydrogens is 212 g/mol. The Morgan fingerprint density at radius 2 is 2.06 bits per heavy atom. The fourth-order valence-corrected chi connectivity index (χ4v) is 2.06. The number of hydrogen-bond acceptors (Lipinski definition) is 2. The molecule has 3 heteroatoms. The molecule has 0 aliphatic heterocycles. The topological polar surface area (TPSA) is 38.0 Å². The molecule has 0 saturated carbocycles. The summed E-state index contributed by atoms with van der Waals surface area (Å²) in [4.78, 5) is 4.11. The molecule has 1 unspecified atom stereocenters. The second kappa shape index (κ2) is 5.64. The summed E-state index contributed by atoms with van der Waals surface area (Å²) in [7, 11) is 0. The quantitative estimate of drug-likeness (QED) is 0.857. The van der Waals surface area contributed by atoms with Crippen molar-refractivity contribution < 1.29 is 5.11 Å². The molecule has 0 saturated heterocycles. The molecule has 0 radical (unpaired) electrons. The first kappa shape index (κ1) is 11.9. The average molecular weight is 230 g/mol. The van der Waals surface area contributed by atoms with Crippen molar-refractivity contribution in [1.82, 2.24) is 9.55 Å². The molecule has 1 N–H and O–H groups in total. The van der Waals surface area contributed by atoms with Crippen LogP contribution in [0.5, 0.6) is 0 Å². The largest absolute Gasteiger partial charge is 0.392 e. The molecule has 0 aliphatic carbocycles. The third kappa shape index (κ3) is 2.74. The number of imidazole rings is 1. The van der Waals surface area contributed by atoms with E-state index in [1.165, 1.54) is 5.56 Å². The number of aromatic nitrogens is 2. The highest BCUT2D eigenvalue weighted by atomic mass is 16.3. The summed E-state index contributed by atoms with van der Waals surface area (Å²) in [5.74, 6) is 0. The molecule has 3 nitrogen and oxygen atoms in total. The summed E-state index contributed by atoms with van der Waals surface area (Å²) in [5, 5.41) is 9.04. The van der Waals surface area contributed by atoms with Gasteiger partial charge in [0.15, 0.2) is 0 Å². The zero-order valence-electron chi connectivity index (χ0n) is 10.1. The van der Waals surface area contributed by atoms with Crippen LogP contribution in [0.1, 0.15) is 36.9 Å². The first-order valence-corrected chi connectivity index (χ1v) is 6.02. The highest BCUT2D eigenvalue weighted by molar-refractivity contribution is 5.25. The van der Waals surface area contributed by atoms with E-state index in [1.807, 2.05) is 30.9 Å². The van der Waals surface area contributed by atoms with Crippen LogP contribution in [-0.2, 0) is 6.61 Å². The lowest BCUT2D eigenvalue weighted by atomic mass is 10.0. The van der Waals surface area contributed by atoms with E-state index in [1.54, 1.807) is 0 Å². The van der Waals surface area contributed by atoms with Gasteiger partial charge in [0.2, 0.25) is 0 Å². The maximum absolute atomic E-state index is 9.04. The fourth-order valence-electron chi connectivity index (χ4n) is 2.06. The molecule has 0 aliphatic rings. The Balaban J connectivity index is 2.26. The first-order valence-electron chi connectivity index (χ1n) is 6.02. The van der Waals surface area contributed by atoms with Gasteiger partial charge in [0.05, 0.1) is 19.0 Å². The Kier molecular flexibility index (Phi) is 3.94. The molecular formula is C14H18N2O. The summed E-state index contributed by atoms with van der Waals surface area (Å²) < 4.78 is 2.14. The minimum atomic E-state index is 0.101. The molecule has 1 aromatic heterocycles. The molecule has 1 aromatic carbocycles. The van der Waals surface area contributed by atoms with Crippen molar-refractivity contribution in [2.45, 2.75) is 32.4 Å². The van der Waals surface area contributed by atoms with E-state index in [-0.39, 0.29) is 6.61 Å². The van der Waals surface area contributed by atoms with Gasteiger partial charge in [-0.25, -0.2) is 4.98 Å². The van der Waals surface area contributed by atoms with Crippen molar-refractivity contribution >= 4 is 0 Å². The molecule has 1 atom stereocenters. The van der Waals surface area contributed by atoms with Crippen LogP contribution in [0.4, 0.5) is 0 Å². The molecule has 0 fully saturated rings. The van der Waals surface area contributed by atoms with Crippen molar-refractivity contribution in [3.63, 3.8) is 0 Å². The molecule has 17 heavy (non-hydrogen) atoms. The summed E-state index contributed by atoms with van der Waals surface area (Å²) in [5.41, 5.74) is 2.22. The molecule has 90 valence electrons. The van der Waals surface area contributed by atoms with E-state index >= 15 is 0 Å². The molecule has 0 spiro atoms. The van der Waals surface area contributed by atoms with Gasteiger partial charge in [-0.2, -0.15) is 0 Å². The zero-order valence-corrected chi connectivity index (χ0v) is 10.1. The SMILES string of the molecule is CCCC(c1ccc(CO)cc1)n1ccnc1. The van der Waals surface area contributed by atoms with E-state index in [2.05, 4.69) is 28.6 Å². The minimum absolute atomic E-state index is 0.101. The van der Waals surface area contributed by atoms with E-state index in [0.717, 1.165) is 18.4 Å². The summed E-state index contributed by atoms with van der Waals surface area (Å²) in [6.07, 6.45) is 7.89. The maximum atomic E-state index is 9.04. The van der Waals surface area contributed by atoms with Crippen molar-refractivity contribution in [3.05, 3.63) is 54.1 Å². The van der Waals surface area contributed by atoms with Gasteiger partial charge in [0.1, 0.15) is 0 Å². The molecule has 2 aromatic rings. The predicted molar refractivity (Wildman–Crippen MR) is 67.6 cm³/mol. The van der Waals surface area contributed by atoms with E-state index < -0.39 is 0 Å². The number of benzene rings is 1. The van der Waals surface area contributed by atoms with Gasteiger partial charge >= 0.3 is 0 Å². The van der Waals surface area contributed by atoms with E-state index in [0.29, 0.717) is 6.04 Å². The van der Waals surface area contributed by atoms with Gasteiger partial charge in [-0.1, -0.05) is 37.6 Å². The second-order valence-corrected chi connectivity index (χ2v) is 4.21. The predicted octanol–water partition coefficient (Wildman–Crippen LogP) is 2.76. The van der Waals surface area contributed by atoms with Gasteiger partial charge in [-0.15, -0.1) is 0 Å². The standard InChI is InChI=1S/C14H18N2O/c1-2-3-14(16-9-8-15-11-16)13-6-4-12(10-17)5-7-13/h4-9,11,14,17H,2-3,10H2,1H3. The third-order valence-electron chi connectivity index (χ3n) is 2.99. The van der Waals surface area contributed by atoms with Crippen LogP contribution in [0.3, 0.4) is 0 Å². The average Bonchev–Trinajstić information content (AvgIpc) is 2.90. The molecule has 2 rings (SSSR count). The number of hydrogen-bond donors (Lipinski definition) is 1. The number of rotatable bonds is 5. The van der Waals surface area contributed by atoms with Crippen LogP contribution in [-0.4, -0.2) is 14.7 Å². The Hall–Kier alpha value is -1.61. The monoisotopic (exact) mass is 230 g/mol. The van der Waals surface area contributed by atoms with Crippen LogP contribution in [0, 0.1) is 0 Å². The lowest BCUT2D eigenvalue weighted by molar-refractivity contribution is 0.282. The smallest absolute Gasteiger partial charge is 0.0951 e. The number of nitrogens with zero attached hydrogens (tertiary/aromatic N) is 2. The summed E-state index contributed by atoms with van der Waals surface area (Å²) >= 11 is 0. The van der Waals surface area contributed by atoms with Crippen molar-refractivity contribution in [1.29, 1.82) is 0 Å². The molecule has 0 bridgehead atoms. The Morgan fingerprint density at radius 3 is 2.59 bits per heavy atom. The van der Waals surface area contributed by atoms with Crippen LogP contribution in [0.2, 0.25) is 0 Å². The lowest BCUT2D eigenvalue weighted by Gasteiger charge is -2.18. The normalized spacial score (nSPS) is 12.6. The van der Waals surface area contributed by atoms with E-state index in [4.69, 9.17) is 5.11 Å². The van der Waals surface area contributed by atoms with Gasteiger partial charge < -0.3 is 9.67 Å². The van der Waals surface area contributed by atoms with Gasteiger partial charge in [-0.05, 0) is 17.5 Å². The van der Waals surface area contributed by atoms with Crippen LogP contribution < -0.4 is 0 Å². The van der Waals surface area contributed by atoms with Crippen LogP contribution in [0.15, 0.2) is 43.0 Å². The third-order valence-corrected chi connectivity index (χ3v) is 2.99. The Labute approximate surface area is 102 Å². The number of aliphatic hydroxyl groups is 1. The second-order valence-electron chi connectivity index (χ2n) is 4.21. The van der Waals surface area contributed by atoms with Gasteiger partial charge in [-0.3, -0.25) is 0 Å². The zero-order chi connectivity index (χ0) is 12.1. The van der Waals surface area contributed by atoms with E-state index in [9.17, 15) is 0 Å². The maximum Gasteiger partial charge on any atom is 0.0951 e. The fraction of sp³-hybridized carbons (Fsp3) is 0.357. The Morgan fingerprint density at radius 1 is 1.29 bits per heavy atom. The Bertz CT molecular complexity index is 434. The van der Waals surface area contributed by atoms with Crippen LogP contribution in [0.25, 0.3) is 0 Å². The number of aliphatic hydroxyl groups excluding tert-OH is 1. The summed E-state index contributed by atoms with van der Waals surface area (Å²) in [6, 6.07) is 8.48. The lowest BCUT2D eigenvalue weighted by Crippen LogP contribution is -2.08. The van der Waals surface area contributed by atoms with Crippen molar-refractivity contribution in [2.75, 3.05) is 0 Å². The van der Waals surface area contributed by atoms with Crippen LogP contribution >= 0.6 is 0 Å². The van der Waals surface area contributed by atoms with Crippen molar-refractivity contribution in [3.8, 4) is 0 Å². The van der Waals surface area contributed by atoms with Gasteiger partial charge in [0.25, 0.3) is 0 Å². The first-order chi connectivity index (χ1) is 8.35. The molecule has 0 amide bonds. The molecule has 1 heterocycles. The minimum Gasteiger partial charge on any atom is -0.392 e. The van der Waals surface area contributed by atoms with Gasteiger partial charge in [0, 0.05) is 12.4 Å².